The van der Waals surface area contributed by atoms with E-state index < -0.39 is 5.41 Å². The Balaban J connectivity index is 1.94. The molecular formula is C19H15NO2. The average Bonchev–Trinajstić information content (AvgIpc) is 2.84. The van der Waals surface area contributed by atoms with Crippen molar-refractivity contribution in [3.8, 4) is 0 Å². The van der Waals surface area contributed by atoms with Crippen molar-refractivity contribution in [2.45, 2.75) is 18.3 Å². The molecular weight excluding hydrogens is 274 g/mol. The van der Waals surface area contributed by atoms with Gasteiger partial charge >= 0.3 is 0 Å². The number of hydrogen-bond acceptors (Lipinski definition) is 2. The van der Waals surface area contributed by atoms with E-state index in [9.17, 15) is 9.59 Å². The van der Waals surface area contributed by atoms with Gasteiger partial charge in [0.15, 0.2) is 0 Å². The van der Waals surface area contributed by atoms with Gasteiger partial charge in [-0.15, -0.1) is 0 Å². The Bertz CT molecular complexity index is 807. The van der Waals surface area contributed by atoms with Crippen LogP contribution in [0.15, 0.2) is 48.5 Å². The standard InChI is InChI=1S/C19H15NO2/c1-19-12-8-4-2-6-10(12)14(11-7-3-5-9-13(11)19)15-16(19)18(22)20-17(15)21/h2-9,14-16H,1H3,(H,20,21,22)/t14?,15-,16+,19?/m1/s1. The first-order chi connectivity index (χ1) is 10.6. The van der Waals surface area contributed by atoms with Gasteiger partial charge in [-0.3, -0.25) is 14.9 Å². The Morgan fingerprint density at radius 3 is 2.00 bits per heavy atom. The number of rotatable bonds is 0. The fraction of sp³-hybridized carbons (Fsp3) is 0.263. The molecule has 0 saturated carbocycles. The van der Waals surface area contributed by atoms with E-state index in [0.717, 1.165) is 0 Å². The van der Waals surface area contributed by atoms with Crippen molar-refractivity contribution in [3.05, 3.63) is 70.8 Å². The van der Waals surface area contributed by atoms with Crippen LogP contribution in [0.25, 0.3) is 0 Å². The SMILES string of the molecule is CC12c3ccccc3C(c3ccccc31)[C@H]1C(=O)NC(=O)[C@H]12. The molecule has 108 valence electrons. The molecule has 3 heteroatoms. The number of imide groups is 1. The van der Waals surface area contributed by atoms with Crippen LogP contribution in [0.3, 0.4) is 0 Å². The number of carbonyl (C=O) groups is 2. The summed E-state index contributed by atoms with van der Waals surface area (Å²) in [7, 11) is 0. The van der Waals surface area contributed by atoms with Crippen molar-refractivity contribution in [1.82, 2.24) is 5.32 Å². The topological polar surface area (TPSA) is 46.2 Å². The number of benzene rings is 2. The summed E-state index contributed by atoms with van der Waals surface area (Å²) in [5.74, 6) is -0.815. The van der Waals surface area contributed by atoms with E-state index in [1.54, 1.807) is 0 Å². The Kier molecular flexibility index (Phi) is 2.03. The molecule has 3 nitrogen and oxygen atoms in total. The largest absolute Gasteiger partial charge is 0.296 e. The maximum absolute atomic E-state index is 12.5. The van der Waals surface area contributed by atoms with Crippen LogP contribution in [-0.4, -0.2) is 11.8 Å². The molecule has 3 aliphatic carbocycles. The van der Waals surface area contributed by atoms with E-state index in [4.69, 9.17) is 0 Å². The smallest absolute Gasteiger partial charge is 0.231 e. The molecule has 0 aromatic heterocycles. The molecule has 2 atom stereocenters. The Labute approximate surface area is 128 Å². The van der Waals surface area contributed by atoms with Gasteiger partial charge in [-0.1, -0.05) is 55.5 Å². The van der Waals surface area contributed by atoms with Crippen LogP contribution in [0, 0.1) is 11.8 Å². The highest BCUT2D eigenvalue weighted by Gasteiger charge is 2.64. The molecule has 2 aromatic rings. The summed E-state index contributed by atoms with van der Waals surface area (Å²) in [6.07, 6.45) is 0. The van der Waals surface area contributed by atoms with Crippen LogP contribution >= 0.6 is 0 Å². The zero-order valence-corrected chi connectivity index (χ0v) is 12.2. The summed E-state index contributed by atoms with van der Waals surface area (Å²) in [5, 5.41) is 2.58. The minimum atomic E-state index is -0.428. The van der Waals surface area contributed by atoms with Gasteiger partial charge in [0, 0.05) is 11.3 Å². The van der Waals surface area contributed by atoms with Gasteiger partial charge in [0.25, 0.3) is 0 Å². The fourth-order valence-corrected chi connectivity index (χ4v) is 5.08. The molecule has 22 heavy (non-hydrogen) atoms. The van der Waals surface area contributed by atoms with Gasteiger partial charge in [-0.25, -0.2) is 0 Å². The van der Waals surface area contributed by atoms with Crippen molar-refractivity contribution in [2.75, 3.05) is 0 Å². The summed E-state index contributed by atoms with van der Waals surface area (Å²) >= 11 is 0. The molecule has 2 aromatic carbocycles. The van der Waals surface area contributed by atoms with Crippen LogP contribution in [0.5, 0.6) is 0 Å². The van der Waals surface area contributed by atoms with Gasteiger partial charge in [-0.2, -0.15) is 0 Å². The number of carbonyl (C=O) groups excluding carboxylic acids is 2. The van der Waals surface area contributed by atoms with Gasteiger partial charge < -0.3 is 0 Å². The lowest BCUT2D eigenvalue weighted by Gasteiger charge is -2.52. The van der Waals surface area contributed by atoms with E-state index in [0.29, 0.717) is 0 Å². The molecule has 1 aliphatic heterocycles. The molecule has 2 bridgehead atoms. The second-order valence-corrected chi connectivity index (χ2v) is 6.71. The first kappa shape index (κ1) is 12.2. The van der Waals surface area contributed by atoms with Gasteiger partial charge in [0.1, 0.15) is 0 Å². The fourth-order valence-electron chi connectivity index (χ4n) is 5.08. The monoisotopic (exact) mass is 289 g/mol. The van der Waals surface area contributed by atoms with Crippen molar-refractivity contribution in [1.29, 1.82) is 0 Å². The first-order valence-corrected chi connectivity index (χ1v) is 7.67. The summed E-state index contributed by atoms with van der Waals surface area (Å²) in [6.45, 7) is 2.12. The van der Waals surface area contributed by atoms with Crippen molar-refractivity contribution in [2.24, 2.45) is 11.8 Å². The van der Waals surface area contributed by atoms with Gasteiger partial charge in [0.2, 0.25) is 11.8 Å². The molecule has 0 radical (unpaired) electrons. The second-order valence-electron chi connectivity index (χ2n) is 6.71. The van der Waals surface area contributed by atoms with E-state index in [1.165, 1.54) is 22.3 Å². The predicted octanol–water partition coefficient (Wildman–Crippen LogP) is 2.34. The average molecular weight is 289 g/mol. The van der Waals surface area contributed by atoms with Gasteiger partial charge in [0.05, 0.1) is 11.8 Å². The van der Waals surface area contributed by atoms with Crippen molar-refractivity contribution < 1.29 is 9.59 Å². The van der Waals surface area contributed by atoms with E-state index in [1.807, 2.05) is 24.3 Å². The molecule has 1 saturated heterocycles. The maximum atomic E-state index is 12.5. The number of amides is 2. The Hall–Kier alpha value is -2.42. The maximum Gasteiger partial charge on any atom is 0.231 e. The van der Waals surface area contributed by atoms with Crippen LogP contribution in [0.1, 0.15) is 35.1 Å². The molecule has 2 amide bonds. The minimum Gasteiger partial charge on any atom is -0.296 e. The Morgan fingerprint density at radius 2 is 1.41 bits per heavy atom. The minimum absolute atomic E-state index is 0.00863. The summed E-state index contributed by atoms with van der Waals surface area (Å²) in [6, 6.07) is 16.6. The third-order valence-electron chi connectivity index (χ3n) is 5.88. The quantitative estimate of drug-likeness (QED) is 0.757. The zero-order valence-electron chi connectivity index (χ0n) is 12.2. The summed E-state index contributed by atoms with van der Waals surface area (Å²) in [4.78, 5) is 24.9. The van der Waals surface area contributed by atoms with Crippen molar-refractivity contribution in [3.63, 3.8) is 0 Å². The summed E-state index contributed by atoms with van der Waals surface area (Å²) < 4.78 is 0. The molecule has 1 heterocycles. The van der Waals surface area contributed by atoms with Crippen LogP contribution < -0.4 is 5.32 Å². The van der Waals surface area contributed by atoms with Crippen LogP contribution in [0.2, 0.25) is 0 Å². The predicted molar refractivity (Wildman–Crippen MR) is 81.3 cm³/mol. The highest BCUT2D eigenvalue weighted by atomic mass is 16.2. The first-order valence-electron chi connectivity index (χ1n) is 7.67. The number of hydrogen-bond donors (Lipinski definition) is 1. The van der Waals surface area contributed by atoms with Gasteiger partial charge in [-0.05, 0) is 22.3 Å². The van der Waals surface area contributed by atoms with Crippen LogP contribution in [-0.2, 0) is 15.0 Å². The molecule has 1 N–H and O–H groups in total. The highest BCUT2D eigenvalue weighted by Crippen LogP contribution is 2.62. The van der Waals surface area contributed by atoms with E-state index in [2.05, 4.69) is 36.5 Å². The highest BCUT2D eigenvalue weighted by molar-refractivity contribution is 6.08. The van der Waals surface area contributed by atoms with E-state index >= 15 is 0 Å². The lowest BCUT2D eigenvalue weighted by atomic mass is 9.48. The Morgan fingerprint density at radius 1 is 0.864 bits per heavy atom. The molecule has 4 aliphatic rings. The lowest BCUT2D eigenvalue weighted by molar-refractivity contribution is -0.126. The third kappa shape index (κ3) is 1.12. The molecule has 0 unspecified atom stereocenters. The molecule has 1 fully saturated rings. The second kappa shape index (κ2) is 3.67. The third-order valence-corrected chi connectivity index (χ3v) is 5.88. The zero-order chi connectivity index (χ0) is 15.1. The normalized spacial score (nSPS) is 34.0. The van der Waals surface area contributed by atoms with Crippen LogP contribution in [0.4, 0.5) is 0 Å². The molecule has 6 rings (SSSR count). The molecule has 0 spiro atoms. The van der Waals surface area contributed by atoms with Crippen molar-refractivity contribution >= 4 is 11.8 Å². The number of nitrogens with one attached hydrogen (secondary N) is 1. The summed E-state index contributed by atoms with van der Waals surface area (Å²) in [5.41, 5.74) is 4.38. The van der Waals surface area contributed by atoms with E-state index in [-0.39, 0.29) is 29.6 Å². The lowest BCUT2D eigenvalue weighted by Crippen LogP contribution is -2.51.